The molecule has 0 aliphatic rings. The molecule has 2 aromatic rings. The fourth-order valence-electron chi connectivity index (χ4n) is 1.90. The average Bonchev–Trinajstić information content (AvgIpc) is 2.74. The Morgan fingerprint density at radius 3 is 2.70 bits per heavy atom. The number of halogens is 4. The van der Waals surface area contributed by atoms with Gasteiger partial charge < -0.3 is 5.32 Å². The van der Waals surface area contributed by atoms with Crippen molar-refractivity contribution in [3.05, 3.63) is 54.4 Å². The van der Waals surface area contributed by atoms with Crippen LogP contribution in [0.4, 0.5) is 4.39 Å². The standard InChI is InChI=1S/C14H13BrCl2FNS/c1-2-6-19-13(11-7-10(17)14(15)20-11)8-4-3-5-9(16)12(8)18/h3-5,7,13,19H,2,6H2,1H3. The van der Waals surface area contributed by atoms with Gasteiger partial charge in [0.1, 0.15) is 5.82 Å². The Morgan fingerprint density at radius 2 is 2.10 bits per heavy atom. The molecule has 1 heterocycles. The molecular formula is C14H13BrCl2FNS. The highest BCUT2D eigenvalue weighted by Gasteiger charge is 2.21. The lowest BCUT2D eigenvalue weighted by Crippen LogP contribution is -2.23. The topological polar surface area (TPSA) is 12.0 Å². The van der Waals surface area contributed by atoms with Gasteiger partial charge in [0.05, 0.1) is 19.9 Å². The minimum absolute atomic E-state index is 0.132. The molecule has 0 aliphatic carbocycles. The number of rotatable bonds is 5. The third-order valence-corrected chi connectivity index (χ3v) is 5.67. The van der Waals surface area contributed by atoms with Crippen molar-refractivity contribution in [1.82, 2.24) is 5.32 Å². The van der Waals surface area contributed by atoms with Gasteiger partial charge in [0, 0.05) is 10.4 Å². The van der Waals surface area contributed by atoms with Crippen molar-refractivity contribution in [2.24, 2.45) is 0 Å². The first-order valence-corrected chi connectivity index (χ1v) is 8.53. The SMILES string of the molecule is CCCNC(c1cc(Cl)c(Br)s1)c1cccc(Cl)c1F. The minimum Gasteiger partial charge on any atom is -0.306 e. The number of thiophene rings is 1. The van der Waals surface area contributed by atoms with E-state index in [0.717, 1.165) is 21.6 Å². The lowest BCUT2D eigenvalue weighted by molar-refractivity contribution is 0.551. The summed E-state index contributed by atoms with van der Waals surface area (Å²) in [5, 5.41) is 4.11. The molecule has 0 saturated carbocycles. The summed E-state index contributed by atoms with van der Waals surface area (Å²) in [6.45, 7) is 2.85. The third-order valence-electron chi connectivity index (χ3n) is 2.84. The molecule has 0 aliphatic heterocycles. The molecule has 0 spiro atoms. The fourth-order valence-corrected chi connectivity index (χ4v) is 3.92. The first-order chi connectivity index (χ1) is 9.54. The van der Waals surface area contributed by atoms with Gasteiger partial charge in [-0.2, -0.15) is 0 Å². The van der Waals surface area contributed by atoms with Gasteiger partial charge in [0.25, 0.3) is 0 Å². The Kier molecular flexibility index (Phi) is 5.87. The second kappa shape index (κ2) is 7.23. The maximum atomic E-state index is 14.3. The first-order valence-electron chi connectivity index (χ1n) is 6.16. The molecule has 0 saturated heterocycles. The lowest BCUT2D eigenvalue weighted by atomic mass is 10.0. The minimum atomic E-state index is -0.386. The van der Waals surface area contributed by atoms with Crippen molar-refractivity contribution in [1.29, 1.82) is 0 Å². The number of hydrogen-bond acceptors (Lipinski definition) is 2. The molecule has 108 valence electrons. The molecule has 1 unspecified atom stereocenters. The van der Waals surface area contributed by atoms with Gasteiger partial charge in [-0.05, 0) is 41.0 Å². The molecule has 20 heavy (non-hydrogen) atoms. The van der Waals surface area contributed by atoms with Crippen LogP contribution < -0.4 is 5.32 Å². The summed E-state index contributed by atoms with van der Waals surface area (Å²) >= 11 is 16.9. The molecule has 0 fully saturated rings. The normalized spacial score (nSPS) is 12.7. The molecule has 1 aromatic carbocycles. The summed E-state index contributed by atoms with van der Waals surface area (Å²) in [6.07, 6.45) is 0.957. The van der Waals surface area contributed by atoms with E-state index in [9.17, 15) is 4.39 Å². The van der Waals surface area contributed by atoms with E-state index in [1.165, 1.54) is 11.3 Å². The molecule has 2 rings (SSSR count). The zero-order chi connectivity index (χ0) is 14.7. The summed E-state index contributed by atoms with van der Waals surface area (Å²) in [7, 11) is 0. The van der Waals surface area contributed by atoms with Crippen molar-refractivity contribution in [2.45, 2.75) is 19.4 Å². The Morgan fingerprint density at radius 1 is 1.35 bits per heavy atom. The fraction of sp³-hybridized carbons (Fsp3) is 0.286. The Hall–Kier alpha value is -0.130. The van der Waals surface area contributed by atoms with Gasteiger partial charge in [-0.25, -0.2) is 4.39 Å². The van der Waals surface area contributed by atoms with Crippen LogP contribution in [0.25, 0.3) is 0 Å². The Labute approximate surface area is 140 Å². The zero-order valence-electron chi connectivity index (χ0n) is 10.7. The van der Waals surface area contributed by atoms with Crippen molar-refractivity contribution in [2.75, 3.05) is 6.54 Å². The van der Waals surface area contributed by atoms with E-state index in [4.69, 9.17) is 23.2 Å². The summed E-state index contributed by atoms with van der Waals surface area (Å²) < 4.78 is 15.1. The largest absolute Gasteiger partial charge is 0.306 e. The number of benzene rings is 1. The Balaban J connectivity index is 2.44. The van der Waals surface area contributed by atoms with Gasteiger partial charge in [-0.15, -0.1) is 11.3 Å². The predicted molar refractivity (Wildman–Crippen MR) is 88.6 cm³/mol. The lowest BCUT2D eigenvalue weighted by Gasteiger charge is -2.18. The van der Waals surface area contributed by atoms with E-state index in [1.54, 1.807) is 18.2 Å². The summed E-state index contributed by atoms with van der Waals surface area (Å²) in [6, 6.07) is 6.66. The predicted octanol–water partition coefficient (Wildman–Crippen LogP) is 6.05. The molecule has 1 N–H and O–H groups in total. The molecule has 1 nitrogen and oxygen atoms in total. The van der Waals surface area contributed by atoms with Gasteiger partial charge in [0.2, 0.25) is 0 Å². The van der Waals surface area contributed by atoms with Crippen molar-refractivity contribution >= 4 is 50.5 Å². The highest BCUT2D eigenvalue weighted by Crippen LogP contribution is 2.38. The van der Waals surface area contributed by atoms with Gasteiger partial charge >= 0.3 is 0 Å². The van der Waals surface area contributed by atoms with Crippen molar-refractivity contribution < 1.29 is 4.39 Å². The van der Waals surface area contributed by atoms with Crippen LogP contribution in [0.5, 0.6) is 0 Å². The second-order valence-electron chi connectivity index (χ2n) is 4.30. The van der Waals surface area contributed by atoms with Crippen LogP contribution in [0.1, 0.15) is 29.8 Å². The zero-order valence-corrected chi connectivity index (χ0v) is 14.6. The highest BCUT2D eigenvalue weighted by atomic mass is 79.9. The molecule has 0 radical (unpaired) electrons. The maximum Gasteiger partial charge on any atom is 0.146 e. The Bertz CT molecular complexity index is 583. The summed E-state index contributed by atoms with van der Waals surface area (Å²) in [5.41, 5.74) is 0.538. The van der Waals surface area contributed by atoms with Gasteiger partial charge in [-0.1, -0.05) is 42.3 Å². The number of nitrogens with one attached hydrogen (secondary N) is 1. The molecule has 6 heteroatoms. The summed E-state index contributed by atoms with van der Waals surface area (Å²) in [5.74, 6) is -0.386. The van der Waals surface area contributed by atoms with Gasteiger partial charge in [0.15, 0.2) is 0 Å². The average molecular weight is 397 g/mol. The smallest absolute Gasteiger partial charge is 0.146 e. The van der Waals surface area contributed by atoms with Crippen LogP contribution in [0.3, 0.4) is 0 Å². The first kappa shape index (κ1) is 16.2. The van der Waals surface area contributed by atoms with E-state index in [1.807, 2.05) is 6.07 Å². The quantitative estimate of drug-likeness (QED) is 0.648. The van der Waals surface area contributed by atoms with Crippen molar-refractivity contribution in [3.63, 3.8) is 0 Å². The van der Waals surface area contributed by atoms with E-state index < -0.39 is 0 Å². The van der Waals surface area contributed by atoms with E-state index >= 15 is 0 Å². The summed E-state index contributed by atoms with van der Waals surface area (Å²) in [4.78, 5) is 0.955. The van der Waals surface area contributed by atoms with E-state index in [2.05, 4.69) is 28.2 Å². The highest BCUT2D eigenvalue weighted by molar-refractivity contribution is 9.11. The molecule has 1 atom stereocenters. The van der Waals surface area contributed by atoms with Crippen LogP contribution in [-0.4, -0.2) is 6.54 Å². The maximum absolute atomic E-state index is 14.3. The van der Waals surface area contributed by atoms with Crippen molar-refractivity contribution in [3.8, 4) is 0 Å². The molecular weight excluding hydrogens is 384 g/mol. The van der Waals surface area contributed by atoms with E-state index in [0.29, 0.717) is 10.6 Å². The van der Waals surface area contributed by atoms with Crippen LogP contribution in [0.15, 0.2) is 28.1 Å². The monoisotopic (exact) mass is 395 g/mol. The van der Waals surface area contributed by atoms with Crippen LogP contribution in [0.2, 0.25) is 10.0 Å². The third kappa shape index (κ3) is 3.55. The van der Waals surface area contributed by atoms with Crippen LogP contribution in [-0.2, 0) is 0 Å². The van der Waals surface area contributed by atoms with Crippen LogP contribution in [0, 0.1) is 5.82 Å². The van der Waals surface area contributed by atoms with Crippen LogP contribution >= 0.6 is 50.5 Å². The molecule has 0 bridgehead atoms. The number of hydrogen-bond donors (Lipinski definition) is 1. The molecule has 1 aromatic heterocycles. The van der Waals surface area contributed by atoms with E-state index in [-0.39, 0.29) is 16.9 Å². The second-order valence-corrected chi connectivity index (χ2v) is 7.52. The molecule has 0 amide bonds. The van der Waals surface area contributed by atoms with Gasteiger partial charge in [-0.3, -0.25) is 0 Å².